The summed E-state index contributed by atoms with van der Waals surface area (Å²) in [6, 6.07) is 6.05. The minimum Gasteiger partial charge on any atom is -0.487 e. The molecule has 96 valence electrons. The van der Waals surface area contributed by atoms with E-state index in [0.29, 0.717) is 5.75 Å². The van der Waals surface area contributed by atoms with Gasteiger partial charge in [0.15, 0.2) is 0 Å². The van der Waals surface area contributed by atoms with Gasteiger partial charge in [-0.3, -0.25) is 0 Å². The van der Waals surface area contributed by atoms with E-state index in [1.54, 1.807) is 12.1 Å². The molecular formula is C12H14FN3OS. The van der Waals surface area contributed by atoms with Gasteiger partial charge in [0.2, 0.25) is 0 Å². The normalized spacial score (nSPS) is 10.3. The van der Waals surface area contributed by atoms with Crippen LogP contribution < -0.4 is 10.1 Å². The Morgan fingerprint density at radius 2 is 2.33 bits per heavy atom. The van der Waals surface area contributed by atoms with Gasteiger partial charge in [0.1, 0.15) is 28.9 Å². The number of hydrogen-bond acceptors (Lipinski definition) is 5. The van der Waals surface area contributed by atoms with Crippen LogP contribution in [0.4, 0.5) is 9.39 Å². The minimum atomic E-state index is -0.312. The van der Waals surface area contributed by atoms with Crippen molar-refractivity contribution in [2.45, 2.75) is 20.0 Å². The van der Waals surface area contributed by atoms with E-state index in [0.717, 1.165) is 23.7 Å². The van der Waals surface area contributed by atoms with E-state index in [-0.39, 0.29) is 12.4 Å². The van der Waals surface area contributed by atoms with Crippen molar-refractivity contribution in [1.82, 2.24) is 9.59 Å². The van der Waals surface area contributed by atoms with Crippen molar-refractivity contribution in [2.24, 2.45) is 0 Å². The molecule has 0 saturated heterocycles. The van der Waals surface area contributed by atoms with Gasteiger partial charge in [0.25, 0.3) is 0 Å². The molecule has 0 unspecified atom stereocenters. The topological polar surface area (TPSA) is 47.0 Å². The Morgan fingerprint density at radius 1 is 1.44 bits per heavy atom. The fraction of sp³-hybridized carbons (Fsp3) is 0.333. The lowest BCUT2D eigenvalue weighted by atomic mass is 10.3. The molecule has 6 heteroatoms. The van der Waals surface area contributed by atoms with E-state index >= 15 is 0 Å². The maximum Gasteiger partial charge on any atom is 0.136 e. The number of benzene rings is 1. The monoisotopic (exact) mass is 267 g/mol. The number of rotatable bonds is 6. The summed E-state index contributed by atoms with van der Waals surface area (Å²) in [5, 5.41) is 8.13. The Hall–Kier alpha value is -1.69. The third kappa shape index (κ3) is 3.40. The highest BCUT2D eigenvalue weighted by molar-refractivity contribution is 7.10. The van der Waals surface area contributed by atoms with Crippen LogP contribution in [0.15, 0.2) is 24.3 Å². The molecular weight excluding hydrogens is 253 g/mol. The maximum absolute atomic E-state index is 13.0. The highest BCUT2D eigenvalue weighted by atomic mass is 32.1. The van der Waals surface area contributed by atoms with Crippen molar-refractivity contribution in [3.8, 4) is 5.75 Å². The number of nitrogens with one attached hydrogen (secondary N) is 1. The van der Waals surface area contributed by atoms with Crippen molar-refractivity contribution < 1.29 is 9.13 Å². The molecule has 0 aliphatic heterocycles. The second-order valence-corrected chi connectivity index (χ2v) is 4.48. The molecule has 0 aliphatic rings. The van der Waals surface area contributed by atoms with Gasteiger partial charge in [0, 0.05) is 24.1 Å². The molecule has 0 amide bonds. The summed E-state index contributed by atoms with van der Waals surface area (Å²) in [7, 11) is 0. The molecule has 0 saturated carbocycles. The summed E-state index contributed by atoms with van der Waals surface area (Å²) in [6.07, 6.45) is 1.03. The zero-order valence-corrected chi connectivity index (χ0v) is 10.8. The molecule has 0 radical (unpaired) electrons. The molecule has 0 aliphatic carbocycles. The van der Waals surface area contributed by atoms with E-state index in [1.807, 2.05) is 0 Å². The predicted molar refractivity (Wildman–Crippen MR) is 69.4 cm³/mol. The lowest BCUT2D eigenvalue weighted by molar-refractivity contribution is 0.300. The van der Waals surface area contributed by atoms with Crippen LogP contribution in [0.3, 0.4) is 0 Å². The second-order valence-electron chi connectivity index (χ2n) is 3.72. The van der Waals surface area contributed by atoms with Gasteiger partial charge in [-0.05, 0) is 18.6 Å². The van der Waals surface area contributed by atoms with E-state index in [1.165, 1.54) is 23.7 Å². The summed E-state index contributed by atoms with van der Waals surface area (Å²) in [5.74, 6) is 0.178. The van der Waals surface area contributed by atoms with Crippen molar-refractivity contribution >= 4 is 16.5 Å². The molecule has 1 aromatic heterocycles. The molecule has 18 heavy (non-hydrogen) atoms. The summed E-state index contributed by atoms with van der Waals surface area (Å²) in [6.45, 7) is 3.24. The fourth-order valence-electron chi connectivity index (χ4n) is 1.38. The van der Waals surface area contributed by atoms with Gasteiger partial charge >= 0.3 is 0 Å². The Labute approximate surface area is 109 Å². The van der Waals surface area contributed by atoms with Crippen LogP contribution in [0.5, 0.6) is 5.75 Å². The number of ether oxygens (including phenoxy) is 1. The number of anilines is 1. The zero-order chi connectivity index (χ0) is 12.8. The van der Waals surface area contributed by atoms with Crippen LogP contribution in [-0.4, -0.2) is 16.1 Å². The van der Waals surface area contributed by atoms with Crippen LogP contribution in [0.25, 0.3) is 0 Å². The lowest BCUT2D eigenvalue weighted by Crippen LogP contribution is -2.03. The van der Waals surface area contributed by atoms with Gasteiger partial charge in [-0.1, -0.05) is 17.5 Å². The molecule has 2 aromatic rings. The molecule has 1 N–H and O–H groups in total. The minimum absolute atomic E-state index is 0.284. The largest absolute Gasteiger partial charge is 0.487 e. The zero-order valence-electron chi connectivity index (χ0n) is 10.0. The first-order valence-electron chi connectivity index (χ1n) is 5.73. The lowest BCUT2D eigenvalue weighted by Gasteiger charge is -2.06. The molecule has 2 rings (SSSR count). The van der Waals surface area contributed by atoms with Gasteiger partial charge in [-0.15, -0.1) is 5.10 Å². The Kier molecular flexibility index (Phi) is 4.46. The quantitative estimate of drug-likeness (QED) is 0.873. The number of halogens is 1. The second kappa shape index (κ2) is 6.30. The van der Waals surface area contributed by atoms with Gasteiger partial charge < -0.3 is 10.1 Å². The smallest absolute Gasteiger partial charge is 0.136 e. The Morgan fingerprint density at radius 3 is 3.11 bits per heavy atom. The van der Waals surface area contributed by atoms with E-state index < -0.39 is 0 Å². The van der Waals surface area contributed by atoms with Gasteiger partial charge in [0.05, 0.1) is 0 Å². The predicted octanol–water partition coefficient (Wildman–Crippen LogP) is 3.08. The summed E-state index contributed by atoms with van der Waals surface area (Å²) in [4.78, 5) is 0. The first kappa shape index (κ1) is 12.8. The average molecular weight is 267 g/mol. The SMILES string of the molecule is CCCNc1snnc1COc1cccc(F)c1. The van der Waals surface area contributed by atoms with Crippen LogP contribution in [-0.2, 0) is 6.61 Å². The van der Waals surface area contributed by atoms with Crippen LogP contribution in [0, 0.1) is 5.82 Å². The van der Waals surface area contributed by atoms with Gasteiger partial charge in [-0.25, -0.2) is 4.39 Å². The van der Waals surface area contributed by atoms with Gasteiger partial charge in [-0.2, -0.15) is 0 Å². The molecule has 0 atom stereocenters. The molecule has 0 fully saturated rings. The van der Waals surface area contributed by atoms with Crippen LogP contribution in [0.2, 0.25) is 0 Å². The summed E-state index contributed by atoms with van der Waals surface area (Å²) in [5.41, 5.74) is 0.748. The standard InChI is InChI=1S/C12H14FN3OS/c1-2-6-14-12-11(15-16-18-12)8-17-10-5-3-4-9(13)7-10/h3-5,7,14H,2,6,8H2,1H3. The third-order valence-electron chi connectivity index (χ3n) is 2.26. The number of hydrogen-bond donors (Lipinski definition) is 1. The number of nitrogens with zero attached hydrogens (tertiary/aromatic N) is 2. The Balaban J connectivity index is 1.95. The molecule has 1 heterocycles. The fourth-order valence-corrected chi connectivity index (χ4v) is 1.98. The maximum atomic E-state index is 13.0. The molecule has 1 aromatic carbocycles. The van der Waals surface area contributed by atoms with E-state index in [2.05, 4.69) is 21.8 Å². The Bertz CT molecular complexity index is 504. The van der Waals surface area contributed by atoms with Crippen molar-refractivity contribution in [3.05, 3.63) is 35.8 Å². The van der Waals surface area contributed by atoms with Crippen molar-refractivity contribution in [3.63, 3.8) is 0 Å². The van der Waals surface area contributed by atoms with Crippen LogP contribution in [0.1, 0.15) is 19.0 Å². The average Bonchev–Trinajstić information content (AvgIpc) is 2.81. The summed E-state index contributed by atoms with van der Waals surface area (Å²) < 4.78 is 22.3. The highest BCUT2D eigenvalue weighted by Gasteiger charge is 2.08. The third-order valence-corrected chi connectivity index (χ3v) is 2.99. The summed E-state index contributed by atoms with van der Waals surface area (Å²) >= 11 is 1.30. The van der Waals surface area contributed by atoms with E-state index in [9.17, 15) is 4.39 Å². The van der Waals surface area contributed by atoms with Crippen molar-refractivity contribution in [1.29, 1.82) is 0 Å². The van der Waals surface area contributed by atoms with Crippen molar-refractivity contribution in [2.75, 3.05) is 11.9 Å². The first-order valence-corrected chi connectivity index (χ1v) is 6.50. The molecule has 0 bridgehead atoms. The molecule has 0 spiro atoms. The van der Waals surface area contributed by atoms with Crippen LogP contribution >= 0.6 is 11.5 Å². The first-order chi connectivity index (χ1) is 8.79. The van der Waals surface area contributed by atoms with E-state index in [4.69, 9.17) is 4.74 Å². The number of aromatic nitrogens is 2. The molecule has 4 nitrogen and oxygen atoms in total. The highest BCUT2D eigenvalue weighted by Crippen LogP contribution is 2.20.